The quantitative estimate of drug-likeness (QED) is 0.312. The van der Waals surface area contributed by atoms with E-state index in [1.807, 2.05) is 19.1 Å². The number of pyridine rings is 1. The molecule has 3 aromatic heterocycles. The van der Waals surface area contributed by atoms with Gasteiger partial charge in [-0.15, -0.1) is 5.10 Å². The number of ether oxygens (including phenoxy) is 1. The molecule has 0 spiro atoms. The Bertz CT molecular complexity index is 1570. The molecule has 5 aromatic rings. The molecule has 0 saturated carbocycles. The lowest BCUT2D eigenvalue weighted by molar-refractivity contribution is 0.102. The third-order valence-corrected chi connectivity index (χ3v) is 6.83. The fourth-order valence-corrected chi connectivity index (χ4v) is 4.86. The summed E-state index contributed by atoms with van der Waals surface area (Å²) in [6, 6.07) is 18.6. The summed E-state index contributed by atoms with van der Waals surface area (Å²) < 4.78 is 9.30. The van der Waals surface area contributed by atoms with Gasteiger partial charge in [0, 0.05) is 13.1 Å². The summed E-state index contributed by atoms with van der Waals surface area (Å²) in [6.07, 6.45) is 1.57. The number of methoxy groups -OCH3 is 1. The molecule has 5 rings (SSSR count). The van der Waals surface area contributed by atoms with E-state index in [-0.39, 0.29) is 23.3 Å². The van der Waals surface area contributed by atoms with Crippen LogP contribution in [0.5, 0.6) is 5.88 Å². The number of benzene rings is 2. The van der Waals surface area contributed by atoms with E-state index in [0.29, 0.717) is 18.7 Å². The van der Waals surface area contributed by atoms with Gasteiger partial charge in [0.25, 0.3) is 5.91 Å². The average Bonchev–Trinajstić information content (AvgIpc) is 3.53. The number of carbonyl (C=O) groups excluding carboxylic acids is 1. The number of hydrogen-bond donors (Lipinski definition) is 1. The van der Waals surface area contributed by atoms with E-state index >= 15 is 0 Å². The van der Waals surface area contributed by atoms with Gasteiger partial charge in [0.1, 0.15) is 17.7 Å². The van der Waals surface area contributed by atoms with Crippen molar-refractivity contribution in [2.45, 2.75) is 46.7 Å². The topological polar surface area (TPSA) is 99.8 Å². The number of fused-ring (bicyclic) bond motifs is 1. The first-order valence-electron chi connectivity index (χ1n) is 12.7. The van der Waals surface area contributed by atoms with Crippen molar-refractivity contribution >= 4 is 23.0 Å². The van der Waals surface area contributed by atoms with Crippen LogP contribution in [0.25, 0.3) is 11.2 Å². The molecule has 194 valence electrons. The van der Waals surface area contributed by atoms with Crippen LogP contribution in [-0.4, -0.2) is 42.3 Å². The Morgan fingerprint density at radius 1 is 0.974 bits per heavy atom. The highest BCUT2D eigenvalue weighted by molar-refractivity contribution is 6.06. The molecule has 1 N–H and O–H groups in total. The van der Waals surface area contributed by atoms with E-state index in [4.69, 9.17) is 9.72 Å². The lowest BCUT2D eigenvalue weighted by Crippen LogP contribution is -2.16. The molecule has 1 amide bonds. The molecule has 0 unspecified atom stereocenters. The van der Waals surface area contributed by atoms with Crippen LogP contribution < -0.4 is 10.1 Å². The van der Waals surface area contributed by atoms with E-state index in [1.54, 1.807) is 17.1 Å². The van der Waals surface area contributed by atoms with Crippen molar-refractivity contribution in [1.29, 1.82) is 0 Å². The lowest BCUT2D eigenvalue weighted by Gasteiger charge is -2.22. The Hall–Kier alpha value is -4.53. The van der Waals surface area contributed by atoms with Crippen molar-refractivity contribution in [2.75, 3.05) is 12.4 Å². The number of hydrogen-bond acceptors (Lipinski definition) is 6. The van der Waals surface area contributed by atoms with Crippen molar-refractivity contribution in [3.63, 3.8) is 0 Å². The van der Waals surface area contributed by atoms with Gasteiger partial charge in [-0.1, -0.05) is 48.5 Å². The van der Waals surface area contributed by atoms with E-state index in [0.717, 1.165) is 11.3 Å². The van der Waals surface area contributed by atoms with Crippen molar-refractivity contribution in [3.8, 4) is 5.88 Å². The number of amides is 1. The smallest absolute Gasteiger partial charge is 0.263 e. The molecule has 0 atom stereocenters. The molecule has 0 fully saturated rings. The van der Waals surface area contributed by atoms with Gasteiger partial charge in [-0.05, 0) is 56.0 Å². The fraction of sp³-hybridized carbons (Fsp3) is 0.276. The molecule has 3 heterocycles. The summed E-state index contributed by atoms with van der Waals surface area (Å²) in [4.78, 5) is 27.1. The van der Waals surface area contributed by atoms with Crippen molar-refractivity contribution in [2.24, 2.45) is 0 Å². The Labute approximate surface area is 221 Å². The Morgan fingerprint density at radius 3 is 2.18 bits per heavy atom. The van der Waals surface area contributed by atoms with Gasteiger partial charge in [-0.25, -0.2) is 9.97 Å². The summed E-state index contributed by atoms with van der Waals surface area (Å²) >= 11 is 0. The second-order valence-corrected chi connectivity index (χ2v) is 9.13. The van der Waals surface area contributed by atoms with Crippen LogP contribution in [0.2, 0.25) is 0 Å². The number of nitrogens with zero attached hydrogens (tertiary/aromatic N) is 6. The molecule has 0 aliphatic heterocycles. The normalized spacial score (nSPS) is 11.3. The maximum Gasteiger partial charge on any atom is 0.263 e. The Morgan fingerprint density at radius 2 is 1.63 bits per heavy atom. The molecule has 0 aliphatic carbocycles. The van der Waals surface area contributed by atoms with Crippen LogP contribution in [0.4, 0.5) is 5.95 Å². The van der Waals surface area contributed by atoms with Gasteiger partial charge in [0.2, 0.25) is 11.8 Å². The Kier molecular flexibility index (Phi) is 6.91. The first-order valence-corrected chi connectivity index (χ1v) is 12.7. The molecular formula is C29H31N7O2. The molecular weight excluding hydrogens is 478 g/mol. The first kappa shape index (κ1) is 25.1. The fourth-order valence-electron chi connectivity index (χ4n) is 4.86. The summed E-state index contributed by atoms with van der Waals surface area (Å²) in [5.74, 6) is 0.770. The maximum atomic E-state index is 13.3. The zero-order valence-corrected chi connectivity index (χ0v) is 22.3. The van der Waals surface area contributed by atoms with Gasteiger partial charge in [0.05, 0.1) is 18.5 Å². The molecule has 9 heteroatoms. The lowest BCUT2D eigenvalue weighted by atomic mass is 9.85. The maximum absolute atomic E-state index is 13.3. The third kappa shape index (κ3) is 4.51. The second kappa shape index (κ2) is 10.5. The number of imidazole rings is 1. The Balaban J connectivity index is 1.68. The molecule has 0 saturated heterocycles. The predicted octanol–water partition coefficient (Wildman–Crippen LogP) is 5.12. The SMILES string of the molecule is CCn1cnc(NC(=O)c2cc3c(nc2OC)nc(C(c2ccccc2C)c2ccccc2C)n3CC)n1. The summed E-state index contributed by atoms with van der Waals surface area (Å²) in [5, 5.41) is 7.01. The van der Waals surface area contributed by atoms with Crippen LogP contribution in [0.1, 0.15) is 58.2 Å². The zero-order chi connectivity index (χ0) is 26.8. The molecule has 2 aromatic carbocycles. The minimum Gasteiger partial charge on any atom is -0.480 e. The predicted molar refractivity (Wildman–Crippen MR) is 147 cm³/mol. The highest BCUT2D eigenvalue weighted by atomic mass is 16.5. The number of rotatable bonds is 8. The minimum atomic E-state index is -0.398. The van der Waals surface area contributed by atoms with Crippen LogP contribution in [-0.2, 0) is 13.1 Å². The van der Waals surface area contributed by atoms with Crippen LogP contribution >= 0.6 is 0 Å². The van der Waals surface area contributed by atoms with Crippen molar-refractivity contribution < 1.29 is 9.53 Å². The summed E-state index contributed by atoms with van der Waals surface area (Å²) in [7, 11) is 1.50. The third-order valence-electron chi connectivity index (χ3n) is 6.83. The van der Waals surface area contributed by atoms with Crippen LogP contribution in [0.3, 0.4) is 0 Å². The van der Waals surface area contributed by atoms with Gasteiger partial charge in [-0.2, -0.15) is 4.98 Å². The largest absolute Gasteiger partial charge is 0.480 e. The van der Waals surface area contributed by atoms with Crippen LogP contribution in [0.15, 0.2) is 60.9 Å². The van der Waals surface area contributed by atoms with E-state index < -0.39 is 5.91 Å². The van der Waals surface area contributed by atoms with Crippen molar-refractivity contribution in [3.05, 3.63) is 94.6 Å². The number of nitrogens with one attached hydrogen (secondary N) is 1. The van der Waals surface area contributed by atoms with Gasteiger partial charge in [-0.3, -0.25) is 14.8 Å². The number of aromatic nitrogens is 6. The molecule has 9 nitrogen and oxygen atoms in total. The van der Waals surface area contributed by atoms with Crippen LogP contribution in [0, 0.1) is 13.8 Å². The van der Waals surface area contributed by atoms with Gasteiger partial charge >= 0.3 is 0 Å². The summed E-state index contributed by atoms with van der Waals surface area (Å²) in [5.41, 5.74) is 6.28. The number of carbonyl (C=O) groups is 1. The van der Waals surface area contributed by atoms with Crippen molar-refractivity contribution in [1.82, 2.24) is 29.3 Å². The monoisotopic (exact) mass is 509 g/mol. The highest BCUT2D eigenvalue weighted by Crippen LogP contribution is 2.37. The van der Waals surface area contributed by atoms with E-state index in [1.165, 1.54) is 29.4 Å². The minimum absolute atomic E-state index is 0.114. The van der Waals surface area contributed by atoms with E-state index in [9.17, 15) is 4.79 Å². The van der Waals surface area contributed by atoms with E-state index in [2.05, 4.69) is 82.1 Å². The standard InChI is InChI=1S/C29H31N7O2/c1-6-35-17-30-29(34-35)33-27(37)22-16-23-25(32-28(22)38-5)31-26(36(23)7-2)24(20-14-10-8-12-18(20)3)21-15-11-9-13-19(21)4/h8-17,24H,6-7H2,1-5H3,(H,33,34,37). The molecule has 0 aliphatic rings. The van der Waals surface area contributed by atoms with Gasteiger partial charge < -0.3 is 9.30 Å². The highest BCUT2D eigenvalue weighted by Gasteiger charge is 2.28. The average molecular weight is 510 g/mol. The zero-order valence-electron chi connectivity index (χ0n) is 22.3. The first-order chi connectivity index (χ1) is 18.4. The summed E-state index contributed by atoms with van der Waals surface area (Å²) in [6.45, 7) is 9.57. The van der Waals surface area contributed by atoms with Gasteiger partial charge in [0.15, 0.2) is 5.65 Å². The molecule has 38 heavy (non-hydrogen) atoms. The molecule has 0 radical (unpaired) electrons. The molecule has 0 bridgehead atoms. The number of aryl methyl sites for hydroxylation is 4. The second-order valence-electron chi connectivity index (χ2n) is 9.13. The number of anilines is 1.